The maximum atomic E-state index is 11.4. The van der Waals surface area contributed by atoms with Crippen LogP contribution in [0.15, 0.2) is 18.2 Å². The summed E-state index contributed by atoms with van der Waals surface area (Å²) < 4.78 is 33.7. The predicted molar refractivity (Wildman–Crippen MR) is 69.5 cm³/mol. The fourth-order valence-electron chi connectivity index (χ4n) is 2.31. The van der Waals surface area contributed by atoms with Gasteiger partial charge in [0.25, 0.3) is 0 Å². The zero-order valence-corrected chi connectivity index (χ0v) is 11.0. The molecule has 1 aromatic carbocycles. The molecule has 0 saturated carbocycles. The van der Waals surface area contributed by atoms with Crippen molar-refractivity contribution >= 4 is 15.5 Å². The third kappa shape index (κ3) is 2.62. The number of sulfone groups is 1. The van der Waals surface area contributed by atoms with Gasteiger partial charge in [0.2, 0.25) is 0 Å². The molecule has 0 spiro atoms. The summed E-state index contributed by atoms with van der Waals surface area (Å²) in [6.45, 7) is 1.02. The molecule has 0 unspecified atom stereocenters. The highest BCUT2D eigenvalue weighted by Crippen LogP contribution is 2.33. The largest absolute Gasteiger partial charge is 0.486 e. The number of benzene rings is 1. The van der Waals surface area contributed by atoms with Crippen molar-refractivity contribution in [3.8, 4) is 11.5 Å². The molecule has 2 atom stereocenters. The van der Waals surface area contributed by atoms with Gasteiger partial charge in [-0.1, -0.05) is 0 Å². The first-order valence-electron chi connectivity index (χ1n) is 6.08. The van der Waals surface area contributed by atoms with Gasteiger partial charge in [0.1, 0.15) is 13.2 Å². The number of aliphatic hydroxyl groups excluding tert-OH is 1. The van der Waals surface area contributed by atoms with Crippen molar-refractivity contribution in [1.82, 2.24) is 0 Å². The summed E-state index contributed by atoms with van der Waals surface area (Å²) in [7, 11) is -3.15. The molecule has 0 radical (unpaired) electrons. The molecule has 2 heterocycles. The number of hydrogen-bond donors (Lipinski definition) is 2. The van der Waals surface area contributed by atoms with E-state index >= 15 is 0 Å². The lowest BCUT2D eigenvalue weighted by Crippen LogP contribution is -2.31. The summed E-state index contributed by atoms with van der Waals surface area (Å²) in [6.07, 6.45) is -0.877. The molecule has 7 heteroatoms. The van der Waals surface area contributed by atoms with Gasteiger partial charge in [0.05, 0.1) is 23.7 Å². The second-order valence-corrected chi connectivity index (χ2v) is 6.91. The number of ether oxygens (including phenoxy) is 2. The van der Waals surface area contributed by atoms with Gasteiger partial charge in [0.15, 0.2) is 21.3 Å². The van der Waals surface area contributed by atoms with Crippen molar-refractivity contribution in [1.29, 1.82) is 0 Å². The third-order valence-electron chi connectivity index (χ3n) is 3.22. The van der Waals surface area contributed by atoms with E-state index in [0.29, 0.717) is 30.4 Å². The van der Waals surface area contributed by atoms with E-state index in [4.69, 9.17) is 9.47 Å². The molecule has 2 aliphatic rings. The van der Waals surface area contributed by atoms with E-state index in [-0.39, 0.29) is 11.5 Å². The molecule has 1 fully saturated rings. The van der Waals surface area contributed by atoms with Crippen molar-refractivity contribution in [3.63, 3.8) is 0 Å². The van der Waals surface area contributed by atoms with E-state index in [2.05, 4.69) is 5.32 Å². The molecule has 0 aromatic heterocycles. The van der Waals surface area contributed by atoms with Crippen LogP contribution in [0.1, 0.15) is 0 Å². The fraction of sp³-hybridized carbons (Fsp3) is 0.500. The Bertz CT molecular complexity index is 586. The Morgan fingerprint density at radius 2 is 1.89 bits per heavy atom. The van der Waals surface area contributed by atoms with Gasteiger partial charge >= 0.3 is 0 Å². The molecule has 3 rings (SSSR count). The van der Waals surface area contributed by atoms with Crippen molar-refractivity contribution in [3.05, 3.63) is 18.2 Å². The zero-order chi connectivity index (χ0) is 13.5. The predicted octanol–water partition coefficient (Wildman–Crippen LogP) is 0.0276. The molecule has 2 N–H and O–H groups in total. The summed E-state index contributed by atoms with van der Waals surface area (Å²) in [5.41, 5.74) is 0.713. The second-order valence-electron chi connectivity index (χ2n) is 4.75. The molecule has 0 amide bonds. The number of aliphatic hydroxyl groups is 1. The van der Waals surface area contributed by atoms with Gasteiger partial charge in [-0.3, -0.25) is 0 Å². The number of anilines is 1. The summed E-state index contributed by atoms with van der Waals surface area (Å²) in [4.78, 5) is 0. The summed E-state index contributed by atoms with van der Waals surface area (Å²) in [5, 5.41) is 12.8. The highest BCUT2D eigenvalue weighted by molar-refractivity contribution is 7.91. The molecule has 19 heavy (non-hydrogen) atoms. The van der Waals surface area contributed by atoms with Crippen LogP contribution in [0.25, 0.3) is 0 Å². The van der Waals surface area contributed by atoms with Gasteiger partial charge < -0.3 is 19.9 Å². The molecule has 0 bridgehead atoms. The van der Waals surface area contributed by atoms with Crippen LogP contribution in [0.3, 0.4) is 0 Å². The standard InChI is InChI=1S/C12H15NO5S/c14-10-7-19(15,16)6-9(10)13-8-1-2-11-12(5-8)18-4-3-17-11/h1-2,5,9-10,13-14H,3-4,6-7H2/t9-,10+/m0/s1. The molecule has 2 aliphatic heterocycles. The Kier molecular flexibility index (Phi) is 3.02. The smallest absolute Gasteiger partial charge is 0.163 e. The Morgan fingerprint density at radius 3 is 2.58 bits per heavy atom. The van der Waals surface area contributed by atoms with E-state index in [1.54, 1.807) is 18.2 Å². The van der Waals surface area contributed by atoms with Crippen LogP contribution < -0.4 is 14.8 Å². The minimum atomic E-state index is -3.15. The molecule has 1 aromatic rings. The maximum absolute atomic E-state index is 11.4. The molecule has 0 aliphatic carbocycles. The van der Waals surface area contributed by atoms with Crippen LogP contribution in [0.5, 0.6) is 11.5 Å². The molecular weight excluding hydrogens is 270 g/mol. The number of fused-ring (bicyclic) bond motifs is 1. The molecular formula is C12H15NO5S. The minimum Gasteiger partial charge on any atom is -0.486 e. The highest BCUT2D eigenvalue weighted by Gasteiger charge is 2.36. The van der Waals surface area contributed by atoms with Crippen LogP contribution in [0, 0.1) is 0 Å². The first kappa shape index (κ1) is 12.6. The van der Waals surface area contributed by atoms with E-state index in [0.717, 1.165) is 0 Å². The summed E-state index contributed by atoms with van der Waals surface area (Å²) in [6, 6.07) is 4.83. The first-order chi connectivity index (χ1) is 9.03. The Labute approximate surface area is 111 Å². The van der Waals surface area contributed by atoms with Crippen molar-refractivity contribution in [2.75, 3.05) is 30.0 Å². The normalized spacial score (nSPS) is 28.1. The lowest BCUT2D eigenvalue weighted by atomic mass is 10.2. The van der Waals surface area contributed by atoms with Gasteiger partial charge in [-0.25, -0.2) is 8.42 Å². The first-order valence-corrected chi connectivity index (χ1v) is 7.90. The van der Waals surface area contributed by atoms with Gasteiger partial charge in [-0.05, 0) is 12.1 Å². The Morgan fingerprint density at radius 1 is 1.16 bits per heavy atom. The minimum absolute atomic E-state index is 0.0530. The van der Waals surface area contributed by atoms with Gasteiger partial charge in [-0.2, -0.15) is 0 Å². The lowest BCUT2D eigenvalue weighted by Gasteiger charge is -2.21. The lowest BCUT2D eigenvalue weighted by molar-refractivity contribution is 0.171. The quantitative estimate of drug-likeness (QED) is 0.797. The topological polar surface area (TPSA) is 84.9 Å². The van der Waals surface area contributed by atoms with Crippen LogP contribution in [-0.4, -0.2) is 50.4 Å². The van der Waals surface area contributed by atoms with Crippen molar-refractivity contribution in [2.45, 2.75) is 12.1 Å². The Balaban J connectivity index is 1.77. The maximum Gasteiger partial charge on any atom is 0.163 e. The highest BCUT2D eigenvalue weighted by atomic mass is 32.2. The summed E-state index contributed by atoms with van der Waals surface area (Å²) in [5.74, 6) is 1.07. The number of rotatable bonds is 2. The third-order valence-corrected chi connectivity index (χ3v) is 4.93. The fourth-order valence-corrected chi connectivity index (χ4v) is 4.06. The zero-order valence-electron chi connectivity index (χ0n) is 10.2. The van der Waals surface area contributed by atoms with Crippen molar-refractivity contribution < 1.29 is 23.0 Å². The van der Waals surface area contributed by atoms with Crippen LogP contribution in [0.2, 0.25) is 0 Å². The average molecular weight is 285 g/mol. The SMILES string of the molecule is O=S1(=O)C[C@@H](O)[C@@H](Nc2ccc3c(c2)OCCO3)C1. The molecule has 104 valence electrons. The molecule has 1 saturated heterocycles. The average Bonchev–Trinajstić information content (AvgIpc) is 2.62. The van der Waals surface area contributed by atoms with E-state index in [1.165, 1.54) is 0 Å². The number of nitrogens with one attached hydrogen (secondary N) is 1. The van der Waals surface area contributed by atoms with E-state index < -0.39 is 22.0 Å². The molecule has 6 nitrogen and oxygen atoms in total. The monoisotopic (exact) mass is 285 g/mol. The second kappa shape index (κ2) is 4.57. The van der Waals surface area contributed by atoms with Crippen molar-refractivity contribution in [2.24, 2.45) is 0 Å². The van der Waals surface area contributed by atoms with E-state index in [1.807, 2.05) is 0 Å². The van der Waals surface area contributed by atoms with Crippen LogP contribution in [-0.2, 0) is 9.84 Å². The number of hydrogen-bond acceptors (Lipinski definition) is 6. The van der Waals surface area contributed by atoms with Crippen LogP contribution >= 0.6 is 0 Å². The Hall–Kier alpha value is -1.47. The summed E-state index contributed by atoms with van der Waals surface area (Å²) >= 11 is 0. The van der Waals surface area contributed by atoms with Gasteiger partial charge in [-0.15, -0.1) is 0 Å². The van der Waals surface area contributed by atoms with Crippen LogP contribution in [0.4, 0.5) is 5.69 Å². The van der Waals surface area contributed by atoms with Gasteiger partial charge in [0, 0.05) is 11.8 Å². The van der Waals surface area contributed by atoms with E-state index in [9.17, 15) is 13.5 Å².